The third-order valence-electron chi connectivity index (χ3n) is 2.87. The van der Waals surface area contributed by atoms with Crippen molar-refractivity contribution >= 4 is 5.82 Å². The Morgan fingerprint density at radius 2 is 2.50 bits per heavy atom. The van der Waals surface area contributed by atoms with Crippen molar-refractivity contribution in [2.45, 2.75) is 25.9 Å². The van der Waals surface area contributed by atoms with Crippen LogP contribution in [0.4, 0.5) is 5.82 Å². The van der Waals surface area contributed by atoms with Gasteiger partial charge in [0, 0.05) is 37.9 Å². The maximum absolute atomic E-state index is 4.49. The number of aromatic nitrogens is 2. The minimum Gasteiger partial charge on any atom is -0.354 e. The molecule has 4 heteroatoms. The van der Waals surface area contributed by atoms with Crippen molar-refractivity contribution in [2.24, 2.45) is 0 Å². The van der Waals surface area contributed by atoms with Crippen LogP contribution in [0.25, 0.3) is 0 Å². The van der Waals surface area contributed by atoms with Crippen LogP contribution in [0.1, 0.15) is 13.3 Å². The van der Waals surface area contributed by atoms with Gasteiger partial charge in [-0.15, -0.1) is 0 Å². The molecule has 1 aromatic heterocycles. The highest BCUT2D eigenvalue weighted by Gasteiger charge is 2.22. The lowest BCUT2D eigenvalue weighted by atomic mass is 10.3. The molecular weight excluding hydrogens is 176 g/mol. The number of hydrogen-bond donors (Lipinski definition) is 1. The Balaban J connectivity index is 2.02. The van der Waals surface area contributed by atoms with Gasteiger partial charge in [-0.05, 0) is 20.4 Å². The Morgan fingerprint density at radius 1 is 1.64 bits per heavy atom. The van der Waals surface area contributed by atoms with Gasteiger partial charge in [-0.25, -0.2) is 0 Å². The molecule has 1 saturated heterocycles. The molecule has 0 bridgehead atoms. The van der Waals surface area contributed by atoms with Crippen LogP contribution in [0, 0.1) is 0 Å². The summed E-state index contributed by atoms with van der Waals surface area (Å²) in [4.78, 5) is 2.34. The Bertz CT molecular complexity index is 294. The molecule has 4 nitrogen and oxygen atoms in total. The standard InChI is InChI=1S/C10H18N4/c1-3-14-7-5-10(12-14)13-6-4-9(8-13)11-2/h5,7,9,11H,3-4,6,8H2,1-2H3. The number of nitrogens with zero attached hydrogens (tertiary/aromatic N) is 3. The van der Waals surface area contributed by atoms with Gasteiger partial charge in [0.15, 0.2) is 5.82 Å². The number of rotatable bonds is 3. The van der Waals surface area contributed by atoms with E-state index < -0.39 is 0 Å². The van der Waals surface area contributed by atoms with Crippen LogP contribution in [0.5, 0.6) is 0 Å². The summed E-state index contributed by atoms with van der Waals surface area (Å²) in [5.74, 6) is 1.12. The van der Waals surface area contributed by atoms with Gasteiger partial charge in [-0.3, -0.25) is 4.68 Å². The molecule has 2 heterocycles. The number of likely N-dealkylation sites (N-methyl/N-ethyl adjacent to an activating group) is 1. The lowest BCUT2D eigenvalue weighted by molar-refractivity contribution is 0.615. The van der Waals surface area contributed by atoms with E-state index >= 15 is 0 Å². The monoisotopic (exact) mass is 194 g/mol. The van der Waals surface area contributed by atoms with Gasteiger partial charge in [0.1, 0.15) is 0 Å². The van der Waals surface area contributed by atoms with Gasteiger partial charge in [0.2, 0.25) is 0 Å². The highest BCUT2D eigenvalue weighted by molar-refractivity contribution is 5.38. The van der Waals surface area contributed by atoms with E-state index in [1.165, 1.54) is 6.42 Å². The van der Waals surface area contributed by atoms with Gasteiger partial charge >= 0.3 is 0 Å². The Morgan fingerprint density at radius 3 is 3.07 bits per heavy atom. The van der Waals surface area contributed by atoms with Gasteiger partial charge in [-0.1, -0.05) is 0 Å². The number of nitrogens with one attached hydrogen (secondary N) is 1. The van der Waals surface area contributed by atoms with Gasteiger partial charge in [0.05, 0.1) is 0 Å². The van der Waals surface area contributed by atoms with Crippen molar-refractivity contribution in [3.8, 4) is 0 Å². The number of anilines is 1. The van der Waals surface area contributed by atoms with Gasteiger partial charge in [-0.2, -0.15) is 5.10 Å². The predicted octanol–water partition coefficient (Wildman–Crippen LogP) is 0.701. The zero-order chi connectivity index (χ0) is 9.97. The average molecular weight is 194 g/mol. The highest BCUT2D eigenvalue weighted by Crippen LogP contribution is 2.17. The van der Waals surface area contributed by atoms with Crippen LogP contribution in [-0.2, 0) is 6.54 Å². The minimum absolute atomic E-state index is 0.627. The Labute approximate surface area is 84.9 Å². The average Bonchev–Trinajstić information content (AvgIpc) is 2.86. The fourth-order valence-electron chi connectivity index (χ4n) is 1.90. The van der Waals surface area contributed by atoms with E-state index in [-0.39, 0.29) is 0 Å². The van der Waals surface area contributed by atoms with Crippen LogP contribution in [-0.4, -0.2) is 36.0 Å². The molecule has 1 aliphatic heterocycles. The Kier molecular flexibility index (Phi) is 2.72. The molecule has 1 aliphatic rings. The van der Waals surface area contributed by atoms with Crippen molar-refractivity contribution in [2.75, 3.05) is 25.0 Å². The quantitative estimate of drug-likeness (QED) is 0.769. The van der Waals surface area contributed by atoms with E-state index in [1.54, 1.807) is 0 Å². The molecular formula is C10H18N4. The molecule has 1 atom stereocenters. The van der Waals surface area contributed by atoms with Crippen molar-refractivity contribution < 1.29 is 0 Å². The molecule has 0 spiro atoms. The smallest absolute Gasteiger partial charge is 0.150 e. The maximum atomic E-state index is 4.49. The summed E-state index contributed by atoms with van der Waals surface area (Å²) in [6.45, 7) is 5.25. The summed E-state index contributed by atoms with van der Waals surface area (Å²) in [5.41, 5.74) is 0. The first-order chi connectivity index (χ1) is 6.83. The van der Waals surface area contributed by atoms with Crippen LogP contribution >= 0.6 is 0 Å². The van der Waals surface area contributed by atoms with E-state index in [9.17, 15) is 0 Å². The van der Waals surface area contributed by atoms with Crippen LogP contribution in [0.15, 0.2) is 12.3 Å². The molecule has 2 rings (SSSR count). The minimum atomic E-state index is 0.627. The molecule has 14 heavy (non-hydrogen) atoms. The first-order valence-electron chi connectivity index (χ1n) is 5.29. The highest BCUT2D eigenvalue weighted by atomic mass is 15.4. The second-order valence-corrected chi connectivity index (χ2v) is 3.75. The molecule has 0 radical (unpaired) electrons. The fraction of sp³-hybridized carbons (Fsp3) is 0.700. The fourth-order valence-corrected chi connectivity index (χ4v) is 1.90. The van der Waals surface area contributed by atoms with E-state index in [1.807, 2.05) is 17.9 Å². The summed E-state index contributed by atoms with van der Waals surface area (Å²) in [6.07, 6.45) is 3.26. The Hall–Kier alpha value is -1.03. The van der Waals surface area contributed by atoms with Crippen LogP contribution in [0.3, 0.4) is 0 Å². The molecule has 1 unspecified atom stereocenters. The van der Waals surface area contributed by atoms with E-state index in [2.05, 4.69) is 28.3 Å². The van der Waals surface area contributed by atoms with Crippen LogP contribution < -0.4 is 10.2 Å². The van der Waals surface area contributed by atoms with E-state index in [4.69, 9.17) is 0 Å². The lowest BCUT2D eigenvalue weighted by Gasteiger charge is -2.14. The summed E-state index contributed by atoms with van der Waals surface area (Å²) < 4.78 is 1.97. The van der Waals surface area contributed by atoms with Gasteiger partial charge < -0.3 is 10.2 Å². The normalized spacial score (nSPS) is 21.9. The third-order valence-corrected chi connectivity index (χ3v) is 2.87. The summed E-state index contributed by atoms with van der Waals surface area (Å²) in [5, 5.41) is 7.80. The molecule has 0 saturated carbocycles. The van der Waals surface area contributed by atoms with Crippen molar-refractivity contribution in [1.29, 1.82) is 0 Å². The van der Waals surface area contributed by atoms with Crippen molar-refractivity contribution in [3.05, 3.63) is 12.3 Å². The topological polar surface area (TPSA) is 33.1 Å². The van der Waals surface area contributed by atoms with E-state index in [0.717, 1.165) is 25.5 Å². The van der Waals surface area contributed by atoms with Crippen molar-refractivity contribution in [3.63, 3.8) is 0 Å². The molecule has 78 valence electrons. The largest absolute Gasteiger partial charge is 0.354 e. The first kappa shape index (κ1) is 9.52. The third kappa shape index (κ3) is 1.75. The summed E-state index contributed by atoms with van der Waals surface area (Å²) in [7, 11) is 2.03. The second-order valence-electron chi connectivity index (χ2n) is 3.75. The molecule has 0 aromatic carbocycles. The molecule has 1 N–H and O–H groups in total. The summed E-state index contributed by atoms with van der Waals surface area (Å²) in [6, 6.07) is 2.73. The molecule has 0 aliphatic carbocycles. The van der Waals surface area contributed by atoms with Crippen LogP contribution in [0.2, 0.25) is 0 Å². The molecule has 0 amide bonds. The van der Waals surface area contributed by atoms with E-state index in [0.29, 0.717) is 6.04 Å². The number of hydrogen-bond acceptors (Lipinski definition) is 3. The molecule has 1 fully saturated rings. The zero-order valence-electron chi connectivity index (χ0n) is 8.90. The maximum Gasteiger partial charge on any atom is 0.150 e. The second kappa shape index (κ2) is 4.00. The summed E-state index contributed by atoms with van der Waals surface area (Å²) >= 11 is 0. The lowest BCUT2D eigenvalue weighted by Crippen LogP contribution is -2.29. The SMILES string of the molecule is CCn1ccc(N2CCC(NC)C2)n1. The molecule has 1 aromatic rings. The van der Waals surface area contributed by atoms with Gasteiger partial charge in [0.25, 0.3) is 0 Å². The predicted molar refractivity (Wildman–Crippen MR) is 57.6 cm³/mol. The first-order valence-corrected chi connectivity index (χ1v) is 5.29. The zero-order valence-corrected chi connectivity index (χ0v) is 8.90. The number of aryl methyl sites for hydroxylation is 1. The van der Waals surface area contributed by atoms with Crippen molar-refractivity contribution in [1.82, 2.24) is 15.1 Å².